The Bertz CT molecular complexity index is 482. The zero-order chi connectivity index (χ0) is 14.5. The van der Waals surface area contributed by atoms with E-state index in [-0.39, 0.29) is 31.6 Å². The van der Waals surface area contributed by atoms with Crippen LogP contribution >= 0.6 is 0 Å². The molecule has 0 unspecified atom stereocenters. The van der Waals surface area contributed by atoms with Crippen LogP contribution in [0.1, 0.15) is 37.8 Å². The van der Waals surface area contributed by atoms with Crippen molar-refractivity contribution in [1.29, 1.82) is 0 Å². The van der Waals surface area contributed by atoms with Gasteiger partial charge in [-0.3, -0.25) is 4.79 Å². The van der Waals surface area contributed by atoms with Gasteiger partial charge in [-0.1, -0.05) is 6.92 Å². The van der Waals surface area contributed by atoms with Crippen LogP contribution in [0.2, 0.25) is 0 Å². The van der Waals surface area contributed by atoms with Gasteiger partial charge in [-0.05, 0) is 12.8 Å². The predicted octanol–water partition coefficient (Wildman–Crippen LogP) is 1.39. The summed E-state index contributed by atoms with van der Waals surface area (Å²) < 4.78 is 5.40. The van der Waals surface area contributed by atoms with Gasteiger partial charge in [0.05, 0.1) is 19.2 Å². The Labute approximate surface area is 117 Å². The van der Waals surface area contributed by atoms with E-state index < -0.39 is 5.97 Å². The van der Waals surface area contributed by atoms with Gasteiger partial charge in [0.25, 0.3) is 0 Å². The maximum atomic E-state index is 12.0. The van der Waals surface area contributed by atoms with Crippen molar-refractivity contribution in [2.75, 3.05) is 6.54 Å². The molecule has 0 saturated heterocycles. The highest BCUT2D eigenvalue weighted by molar-refractivity contribution is 5.75. The summed E-state index contributed by atoms with van der Waals surface area (Å²) in [6.07, 6.45) is 4.24. The molecule has 1 saturated carbocycles. The van der Waals surface area contributed by atoms with Gasteiger partial charge in [-0.2, -0.15) is 0 Å². The molecule has 1 aliphatic rings. The van der Waals surface area contributed by atoms with E-state index in [0.29, 0.717) is 5.89 Å². The number of aryl methyl sites for hydroxylation is 1. The number of hydrogen-bond acceptors (Lipinski definition) is 4. The van der Waals surface area contributed by atoms with E-state index in [4.69, 9.17) is 9.52 Å². The molecule has 0 atom stereocenters. The molecule has 7 heteroatoms. The van der Waals surface area contributed by atoms with E-state index in [1.807, 2.05) is 6.92 Å². The molecule has 2 rings (SSSR count). The Kier molecular flexibility index (Phi) is 4.60. The number of carbonyl (C=O) groups is 2. The maximum absolute atomic E-state index is 12.0. The van der Waals surface area contributed by atoms with Crippen LogP contribution in [0.15, 0.2) is 10.6 Å². The zero-order valence-electron chi connectivity index (χ0n) is 11.5. The Morgan fingerprint density at radius 1 is 1.55 bits per heavy atom. The average molecular weight is 281 g/mol. The fourth-order valence-electron chi connectivity index (χ4n) is 1.90. The standard InChI is InChI=1S/C13H19N3O4/c1-2-10-7-14-11(20-10)8-15-13(19)16(9-3-4-9)6-5-12(17)18/h7,9H,2-6,8H2,1H3,(H,15,19)(H,17,18). The summed E-state index contributed by atoms with van der Waals surface area (Å²) in [5.74, 6) is 0.340. The fraction of sp³-hybridized carbons (Fsp3) is 0.615. The van der Waals surface area contributed by atoms with Crippen molar-refractivity contribution in [3.05, 3.63) is 17.8 Å². The van der Waals surface area contributed by atoms with Gasteiger partial charge >= 0.3 is 12.0 Å². The van der Waals surface area contributed by atoms with Crippen LogP contribution in [0.4, 0.5) is 4.79 Å². The number of carbonyl (C=O) groups excluding carboxylic acids is 1. The number of hydrogen-bond donors (Lipinski definition) is 2. The third kappa shape index (κ3) is 3.97. The van der Waals surface area contributed by atoms with E-state index in [9.17, 15) is 9.59 Å². The van der Waals surface area contributed by atoms with Crippen molar-refractivity contribution in [3.63, 3.8) is 0 Å². The normalized spacial score (nSPS) is 14.1. The van der Waals surface area contributed by atoms with Crippen LogP contribution in [-0.4, -0.2) is 39.6 Å². The second-order valence-electron chi connectivity index (χ2n) is 4.80. The van der Waals surface area contributed by atoms with Crippen LogP contribution in [0, 0.1) is 0 Å². The molecule has 0 spiro atoms. The van der Waals surface area contributed by atoms with Gasteiger partial charge < -0.3 is 19.7 Å². The molecule has 20 heavy (non-hydrogen) atoms. The minimum Gasteiger partial charge on any atom is -0.481 e. The average Bonchev–Trinajstić information content (AvgIpc) is 3.14. The van der Waals surface area contributed by atoms with Crippen molar-refractivity contribution in [3.8, 4) is 0 Å². The summed E-state index contributed by atoms with van der Waals surface area (Å²) in [5, 5.41) is 11.4. The lowest BCUT2D eigenvalue weighted by molar-refractivity contribution is -0.137. The molecule has 0 bridgehead atoms. The van der Waals surface area contributed by atoms with Crippen LogP contribution in [0.25, 0.3) is 0 Å². The molecule has 7 nitrogen and oxygen atoms in total. The summed E-state index contributed by atoms with van der Waals surface area (Å²) in [7, 11) is 0. The number of nitrogens with zero attached hydrogens (tertiary/aromatic N) is 2. The van der Waals surface area contributed by atoms with Crippen molar-refractivity contribution in [2.45, 2.75) is 45.2 Å². The van der Waals surface area contributed by atoms with Crippen molar-refractivity contribution < 1.29 is 19.1 Å². The summed E-state index contributed by atoms with van der Waals surface area (Å²) in [6, 6.07) is -0.0879. The number of oxazole rings is 1. The summed E-state index contributed by atoms with van der Waals surface area (Å²) >= 11 is 0. The van der Waals surface area contributed by atoms with Crippen molar-refractivity contribution in [2.24, 2.45) is 0 Å². The third-order valence-corrected chi connectivity index (χ3v) is 3.16. The molecule has 0 aromatic carbocycles. The summed E-state index contributed by atoms with van der Waals surface area (Å²) in [5.41, 5.74) is 0. The number of rotatable bonds is 7. The Morgan fingerprint density at radius 3 is 2.85 bits per heavy atom. The molecule has 1 aliphatic carbocycles. The first-order chi connectivity index (χ1) is 9.60. The summed E-state index contributed by atoms with van der Waals surface area (Å²) in [4.78, 5) is 28.3. The zero-order valence-corrected chi connectivity index (χ0v) is 11.5. The minimum atomic E-state index is -0.899. The van der Waals surface area contributed by atoms with E-state index in [1.165, 1.54) is 0 Å². The van der Waals surface area contributed by atoms with Crippen LogP contribution in [-0.2, 0) is 17.8 Å². The Balaban J connectivity index is 1.83. The second-order valence-corrected chi connectivity index (χ2v) is 4.80. The maximum Gasteiger partial charge on any atom is 0.318 e. The number of aromatic nitrogens is 1. The first-order valence-electron chi connectivity index (χ1n) is 6.80. The molecular formula is C13H19N3O4. The number of carboxylic acids is 1. The molecule has 0 aliphatic heterocycles. The van der Waals surface area contributed by atoms with Gasteiger partial charge in [-0.25, -0.2) is 9.78 Å². The Hall–Kier alpha value is -2.05. The topological polar surface area (TPSA) is 95.7 Å². The Morgan fingerprint density at radius 2 is 2.30 bits per heavy atom. The highest BCUT2D eigenvalue weighted by Gasteiger charge is 2.32. The van der Waals surface area contributed by atoms with E-state index >= 15 is 0 Å². The molecule has 0 radical (unpaired) electrons. The largest absolute Gasteiger partial charge is 0.481 e. The van der Waals surface area contributed by atoms with Crippen molar-refractivity contribution >= 4 is 12.0 Å². The van der Waals surface area contributed by atoms with Gasteiger partial charge in [-0.15, -0.1) is 0 Å². The molecule has 1 fully saturated rings. The fourth-order valence-corrected chi connectivity index (χ4v) is 1.90. The third-order valence-electron chi connectivity index (χ3n) is 3.16. The van der Waals surface area contributed by atoms with Gasteiger partial charge in [0, 0.05) is 19.0 Å². The first-order valence-corrected chi connectivity index (χ1v) is 6.80. The molecular weight excluding hydrogens is 262 g/mol. The number of amides is 2. The van der Waals surface area contributed by atoms with Crippen LogP contribution in [0.5, 0.6) is 0 Å². The second kappa shape index (κ2) is 6.40. The van der Waals surface area contributed by atoms with E-state index in [1.54, 1.807) is 11.1 Å². The number of nitrogens with one attached hydrogen (secondary N) is 1. The van der Waals surface area contributed by atoms with Crippen molar-refractivity contribution in [1.82, 2.24) is 15.2 Å². The molecule has 2 amide bonds. The predicted molar refractivity (Wildman–Crippen MR) is 70.1 cm³/mol. The monoisotopic (exact) mass is 281 g/mol. The van der Waals surface area contributed by atoms with E-state index in [2.05, 4.69) is 10.3 Å². The van der Waals surface area contributed by atoms with Gasteiger partial charge in [0.1, 0.15) is 5.76 Å². The number of aliphatic carboxylic acids is 1. The molecule has 1 heterocycles. The lowest BCUT2D eigenvalue weighted by atomic mass is 10.4. The SMILES string of the molecule is CCc1cnc(CNC(=O)N(CCC(=O)O)C2CC2)o1. The minimum absolute atomic E-state index is 0.0388. The molecule has 110 valence electrons. The smallest absolute Gasteiger partial charge is 0.318 e. The number of urea groups is 1. The lowest BCUT2D eigenvalue weighted by Crippen LogP contribution is -2.42. The lowest BCUT2D eigenvalue weighted by Gasteiger charge is -2.21. The molecule has 2 N–H and O–H groups in total. The molecule has 1 aromatic heterocycles. The van der Waals surface area contributed by atoms with Crippen LogP contribution in [0.3, 0.4) is 0 Å². The van der Waals surface area contributed by atoms with Crippen LogP contribution < -0.4 is 5.32 Å². The molecule has 1 aromatic rings. The summed E-state index contributed by atoms with van der Waals surface area (Å²) in [6.45, 7) is 2.41. The highest BCUT2D eigenvalue weighted by Crippen LogP contribution is 2.26. The van der Waals surface area contributed by atoms with E-state index in [0.717, 1.165) is 25.0 Å². The van der Waals surface area contributed by atoms with Gasteiger partial charge in [0.15, 0.2) is 0 Å². The van der Waals surface area contributed by atoms with Gasteiger partial charge in [0.2, 0.25) is 5.89 Å². The first kappa shape index (κ1) is 14.4. The quantitative estimate of drug-likeness (QED) is 0.787. The highest BCUT2D eigenvalue weighted by atomic mass is 16.4. The number of carboxylic acid groups (broad SMARTS) is 1.